The molecule has 0 fully saturated rings. The van der Waals surface area contributed by atoms with Crippen LogP contribution < -0.4 is 4.90 Å². The molecule has 1 aliphatic heterocycles. The van der Waals surface area contributed by atoms with E-state index in [1.165, 1.54) is 16.8 Å². The fourth-order valence-electron chi connectivity index (χ4n) is 2.38. The molecular formula is C14H13N3S. The van der Waals surface area contributed by atoms with Crippen molar-refractivity contribution in [2.45, 2.75) is 13.3 Å². The van der Waals surface area contributed by atoms with Crippen molar-refractivity contribution in [1.82, 2.24) is 4.98 Å². The third-order valence-corrected chi connectivity index (χ3v) is 4.02. The van der Waals surface area contributed by atoms with E-state index in [1.807, 2.05) is 6.92 Å². The molecule has 3 rings (SSSR count). The summed E-state index contributed by atoms with van der Waals surface area (Å²) in [5.74, 6) is 0. The van der Waals surface area contributed by atoms with Gasteiger partial charge in [0.2, 0.25) is 0 Å². The van der Waals surface area contributed by atoms with Gasteiger partial charge in [-0.1, -0.05) is 6.07 Å². The molecule has 4 heteroatoms. The highest BCUT2D eigenvalue weighted by Gasteiger charge is 2.19. The van der Waals surface area contributed by atoms with Gasteiger partial charge in [-0.15, -0.1) is 11.3 Å². The van der Waals surface area contributed by atoms with Gasteiger partial charge in [-0.05, 0) is 31.0 Å². The number of nitrogens with zero attached hydrogens (tertiary/aromatic N) is 3. The lowest BCUT2D eigenvalue weighted by molar-refractivity contribution is 0.909. The Morgan fingerprint density at radius 3 is 3.11 bits per heavy atom. The van der Waals surface area contributed by atoms with Gasteiger partial charge in [-0.25, -0.2) is 4.98 Å². The predicted molar refractivity (Wildman–Crippen MR) is 73.8 cm³/mol. The number of aromatic nitrogens is 1. The van der Waals surface area contributed by atoms with Crippen molar-refractivity contribution in [3.05, 3.63) is 34.2 Å². The van der Waals surface area contributed by atoms with Crippen LogP contribution in [0.5, 0.6) is 0 Å². The summed E-state index contributed by atoms with van der Waals surface area (Å²) >= 11 is 1.68. The van der Waals surface area contributed by atoms with Crippen molar-refractivity contribution in [2.24, 2.45) is 0 Å². The number of rotatable bonds is 2. The molecule has 0 saturated heterocycles. The molecule has 0 atom stereocenters. The zero-order chi connectivity index (χ0) is 12.5. The first-order valence-electron chi connectivity index (χ1n) is 5.95. The van der Waals surface area contributed by atoms with Crippen LogP contribution in [0.1, 0.15) is 10.6 Å². The van der Waals surface area contributed by atoms with Gasteiger partial charge >= 0.3 is 0 Å². The van der Waals surface area contributed by atoms with Crippen LogP contribution in [0.25, 0.3) is 11.3 Å². The summed E-state index contributed by atoms with van der Waals surface area (Å²) in [6.45, 7) is 3.45. The monoisotopic (exact) mass is 255 g/mol. The second-order valence-electron chi connectivity index (χ2n) is 4.42. The fourth-order valence-corrected chi connectivity index (χ4v) is 3.00. The van der Waals surface area contributed by atoms with Crippen LogP contribution in [0.2, 0.25) is 0 Å². The molecule has 2 aromatic rings. The van der Waals surface area contributed by atoms with Crippen LogP contribution in [0, 0.1) is 18.3 Å². The van der Waals surface area contributed by atoms with E-state index in [0.717, 1.165) is 23.7 Å². The van der Waals surface area contributed by atoms with Crippen LogP contribution in [-0.4, -0.2) is 18.1 Å². The molecule has 0 saturated carbocycles. The zero-order valence-corrected chi connectivity index (χ0v) is 11.0. The molecule has 1 aliphatic rings. The van der Waals surface area contributed by atoms with Crippen LogP contribution in [0.15, 0.2) is 23.6 Å². The molecule has 0 bridgehead atoms. The maximum atomic E-state index is 8.79. The fraction of sp³-hybridized carbons (Fsp3) is 0.286. The summed E-state index contributed by atoms with van der Waals surface area (Å²) in [5, 5.41) is 12.0. The Bertz CT molecular complexity index is 624. The van der Waals surface area contributed by atoms with Gasteiger partial charge in [-0.2, -0.15) is 5.26 Å². The highest BCUT2D eigenvalue weighted by Crippen LogP contribution is 2.32. The lowest BCUT2D eigenvalue weighted by Gasteiger charge is -2.14. The molecule has 0 radical (unpaired) electrons. The van der Waals surface area contributed by atoms with E-state index < -0.39 is 0 Å². The first-order valence-corrected chi connectivity index (χ1v) is 6.83. The molecule has 0 aliphatic carbocycles. The minimum absolute atomic E-state index is 0.474. The number of benzene rings is 1. The molecule has 3 nitrogen and oxygen atoms in total. The van der Waals surface area contributed by atoms with Crippen molar-refractivity contribution >= 4 is 17.0 Å². The van der Waals surface area contributed by atoms with Crippen LogP contribution in [-0.2, 0) is 6.42 Å². The van der Waals surface area contributed by atoms with E-state index in [0.29, 0.717) is 6.54 Å². The van der Waals surface area contributed by atoms with E-state index >= 15 is 0 Å². The van der Waals surface area contributed by atoms with Crippen molar-refractivity contribution < 1.29 is 0 Å². The van der Waals surface area contributed by atoms with E-state index in [1.54, 1.807) is 11.3 Å². The summed E-state index contributed by atoms with van der Waals surface area (Å²) in [6.07, 6.45) is 1.02. The molecule has 0 spiro atoms. The summed E-state index contributed by atoms with van der Waals surface area (Å²) in [4.78, 5) is 6.64. The Morgan fingerprint density at radius 2 is 2.39 bits per heavy atom. The topological polar surface area (TPSA) is 39.9 Å². The maximum Gasteiger partial charge on any atom is 0.105 e. The predicted octanol–water partition coefficient (Wildman–Crippen LogP) is 3.00. The minimum Gasteiger partial charge on any atom is -0.358 e. The number of hydrogen-bond donors (Lipinski definition) is 0. The SMILES string of the molecule is Cc1nc(-c2ccc3c(c2)CCN3CC#N)cs1. The highest BCUT2D eigenvalue weighted by molar-refractivity contribution is 7.09. The van der Waals surface area contributed by atoms with Gasteiger partial charge in [0.25, 0.3) is 0 Å². The number of nitriles is 1. The molecule has 18 heavy (non-hydrogen) atoms. The smallest absolute Gasteiger partial charge is 0.105 e. The number of thiazole rings is 1. The minimum atomic E-state index is 0.474. The molecule has 0 N–H and O–H groups in total. The summed E-state index contributed by atoms with van der Waals surface area (Å²) in [5.41, 5.74) is 4.76. The van der Waals surface area contributed by atoms with Gasteiger partial charge in [-0.3, -0.25) is 0 Å². The molecule has 0 amide bonds. The molecule has 0 unspecified atom stereocenters. The number of anilines is 1. The number of aryl methyl sites for hydroxylation is 1. The normalized spacial score (nSPS) is 13.4. The highest BCUT2D eigenvalue weighted by atomic mass is 32.1. The third-order valence-electron chi connectivity index (χ3n) is 3.25. The van der Waals surface area contributed by atoms with Crippen LogP contribution >= 0.6 is 11.3 Å². The Balaban J connectivity index is 1.96. The van der Waals surface area contributed by atoms with Gasteiger partial charge in [0.1, 0.15) is 6.54 Å². The van der Waals surface area contributed by atoms with Crippen molar-refractivity contribution in [2.75, 3.05) is 18.0 Å². The third kappa shape index (κ3) is 1.87. The lowest BCUT2D eigenvalue weighted by atomic mass is 10.1. The van der Waals surface area contributed by atoms with E-state index in [4.69, 9.17) is 5.26 Å². The molecule has 1 aromatic heterocycles. The zero-order valence-electron chi connectivity index (χ0n) is 10.2. The quantitative estimate of drug-likeness (QED) is 0.774. The average Bonchev–Trinajstić information content (AvgIpc) is 2.96. The van der Waals surface area contributed by atoms with Gasteiger partial charge in [0.15, 0.2) is 0 Å². The first kappa shape index (κ1) is 11.2. The number of hydrogen-bond acceptors (Lipinski definition) is 4. The Morgan fingerprint density at radius 1 is 1.50 bits per heavy atom. The summed E-state index contributed by atoms with van der Waals surface area (Å²) < 4.78 is 0. The average molecular weight is 255 g/mol. The van der Waals surface area contributed by atoms with Gasteiger partial charge in [0, 0.05) is 23.2 Å². The second kappa shape index (κ2) is 4.43. The maximum absolute atomic E-state index is 8.79. The summed E-state index contributed by atoms with van der Waals surface area (Å²) in [6, 6.07) is 8.64. The van der Waals surface area contributed by atoms with Gasteiger partial charge < -0.3 is 4.90 Å². The second-order valence-corrected chi connectivity index (χ2v) is 5.49. The van der Waals surface area contributed by atoms with E-state index in [9.17, 15) is 0 Å². The summed E-state index contributed by atoms with van der Waals surface area (Å²) in [7, 11) is 0. The molecular weight excluding hydrogens is 242 g/mol. The molecule has 2 heterocycles. The standard InChI is InChI=1S/C14H13N3S/c1-10-16-13(9-18-10)11-2-3-14-12(8-11)4-6-17(14)7-5-15/h2-3,8-9H,4,6-7H2,1H3. The lowest BCUT2D eigenvalue weighted by Crippen LogP contribution is -2.20. The van der Waals surface area contributed by atoms with Crippen LogP contribution in [0.4, 0.5) is 5.69 Å². The molecule has 90 valence electrons. The number of fused-ring (bicyclic) bond motifs is 1. The first-order chi connectivity index (χ1) is 8.78. The van der Waals surface area contributed by atoms with E-state index in [2.05, 4.69) is 39.5 Å². The Hall–Kier alpha value is -1.86. The molecule has 1 aromatic carbocycles. The van der Waals surface area contributed by atoms with E-state index in [-0.39, 0.29) is 0 Å². The van der Waals surface area contributed by atoms with Crippen molar-refractivity contribution in [3.8, 4) is 17.3 Å². The van der Waals surface area contributed by atoms with Gasteiger partial charge in [0.05, 0.1) is 16.8 Å². The largest absolute Gasteiger partial charge is 0.358 e. The van der Waals surface area contributed by atoms with Crippen molar-refractivity contribution in [1.29, 1.82) is 5.26 Å². The Kier molecular flexibility index (Phi) is 2.77. The van der Waals surface area contributed by atoms with Crippen LogP contribution in [0.3, 0.4) is 0 Å². The van der Waals surface area contributed by atoms with Crippen molar-refractivity contribution in [3.63, 3.8) is 0 Å². The Labute approximate surface area is 110 Å².